The zero-order valence-electron chi connectivity index (χ0n) is 14.0. The summed E-state index contributed by atoms with van der Waals surface area (Å²) in [6.45, 7) is 4.00. The van der Waals surface area contributed by atoms with E-state index in [1.165, 1.54) is 30.0 Å². The van der Waals surface area contributed by atoms with Crippen LogP contribution in [0, 0.1) is 6.92 Å². The molecule has 0 aliphatic carbocycles. The van der Waals surface area contributed by atoms with Gasteiger partial charge in [-0.3, -0.25) is 9.59 Å². The number of aromatic nitrogens is 1. The predicted molar refractivity (Wildman–Crippen MR) is 101 cm³/mol. The highest BCUT2D eigenvalue weighted by molar-refractivity contribution is 8.00. The molecule has 1 aliphatic heterocycles. The van der Waals surface area contributed by atoms with Gasteiger partial charge < -0.3 is 15.4 Å². The molecule has 0 saturated carbocycles. The summed E-state index contributed by atoms with van der Waals surface area (Å²) in [5.74, 6) is 1.80. The third kappa shape index (κ3) is 4.73. The summed E-state index contributed by atoms with van der Waals surface area (Å²) in [7, 11) is 0. The van der Waals surface area contributed by atoms with Gasteiger partial charge in [0.1, 0.15) is 0 Å². The third-order valence-electron chi connectivity index (χ3n) is 3.53. The number of carbonyl (C=O) groups is 2. The Labute approximate surface area is 154 Å². The highest BCUT2D eigenvalue weighted by Gasteiger charge is 2.24. The number of carbonyl (C=O) groups excluding carboxylic acids is 2. The number of hydrogen-bond acceptors (Lipinski definition) is 7. The molecule has 6 nitrogen and oxygen atoms in total. The van der Waals surface area contributed by atoms with Gasteiger partial charge in [-0.05, 0) is 37.6 Å². The summed E-state index contributed by atoms with van der Waals surface area (Å²) >= 11 is 2.88. The molecule has 3 heterocycles. The van der Waals surface area contributed by atoms with Crippen molar-refractivity contribution < 1.29 is 14.3 Å². The van der Waals surface area contributed by atoms with Crippen molar-refractivity contribution in [3.8, 4) is 5.75 Å². The Kier molecular flexibility index (Phi) is 5.60. The maximum atomic E-state index is 12.3. The quantitative estimate of drug-likeness (QED) is 0.722. The zero-order chi connectivity index (χ0) is 17.8. The molecule has 25 heavy (non-hydrogen) atoms. The smallest absolute Gasteiger partial charge is 0.220 e. The highest BCUT2D eigenvalue weighted by Crippen LogP contribution is 2.34. The molecule has 132 valence electrons. The van der Waals surface area contributed by atoms with Gasteiger partial charge in [-0.1, -0.05) is 11.8 Å². The SMILES string of the molecule is CC(=O)NCCc1ccc(C(=O)CSC2Nc3nc(C)ccc3O2)s1. The van der Waals surface area contributed by atoms with Gasteiger partial charge in [-0.2, -0.15) is 0 Å². The van der Waals surface area contributed by atoms with Gasteiger partial charge in [0.05, 0.1) is 10.6 Å². The van der Waals surface area contributed by atoms with Crippen molar-refractivity contribution in [1.82, 2.24) is 10.3 Å². The number of aryl methyl sites for hydroxylation is 1. The van der Waals surface area contributed by atoms with Crippen molar-refractivity contribution in [2.45, 2.75) is 25.8 Å². The molecule has 0 aromatic carbocycles. The number of nitrogens with one attached hydrogen (secondary N) is 2. The van der Waals surface area contributed by atoms with Crippen LogP contribution in [0.3, 0.4) is 0 Å². The van der Waals surface area contributed by atoms with Crippen molar-refractivity contribution in [2.75, 3.05) is 17.6 Å². The monoisotopic (exact) mass is 377 g/mol. The summed E-state index contributed by atoms with van der Waals surface area (Å²) in [6.07, 6.45) is 0.734. The lowest BCUT2D eigenvalue weighted by atomic mass is 10.3. The molecule has 1 aliphatic rings. The number of Topliss-reactive ketones (excluding diaryl/α,β-unsaturated/α-hetero) is 1. The molecule has 0 spiro atoms. The lowest BCUT2D eigenvalue weighted by Crippen LogP contribution is -2.22. The van der Waals surface area contributed by atoms with E-state index in [1.807, 2.05) is 31.2 Å². The van der Waals surface area contributed by atoms with Crippen LogP contribution in [0.1, 0.15) is 27.2 Å². The fraction of sp³-hybridized carbons (Fsp3) is 0.353. The molecule has 8 heteroatoms. The van der Waals surface area contributed by atoms with E-state index in [9.17, 15) is 9.59 Å². The first kappa shape index (κ1) is 17.8. The van der Waals surface area contributed by atoms with Crippen molar-refractivity contribution >= 4 is 40.6 Å². The Morgan fingerprint density at radius 2 is 2.20 bits per heavy atom. The van der Waals surface area contributed by atoms with Crippen LogP contribution in [-0.2, 0) is 11.2 Å². The Hall–Kier alpha value is -2.06. The fourth-order valence-corrected chi connectivity index (χ4v) is 4.18. The Balaban J connectivity index is 1.47. The lowest BCUT2D eigenvalue weighted by Gasteiger charge is -2.09. The summed E-state index contributed by atoms with van der Waals surface area (Å²) in [5.41, 5.74) is 0.620. The first-order valence-corrected chi connectivity index (χ1v) is 9.76. The average molecular weight is 377 g/mol. The molecule has 3 rings (SSSR count). The van der Waals surface area contributed by atoms with Crippen LogP contribution >= 0.6 is 23.1 Å². The first-order chi connectivity index (χ1) is 12.0. The molecule has 1 unspecified atom stereocenters. The van der Waals surface area contributed by atoms with Crippen LogP contribution in [0.4, 0.5) is 5.82 Å². The topological polar surface area (TPSA) is 80.3 Å². The first-order valence-electron chi connectivity index (χ1n) is 7.90. The number of ether oxygens (including phenoxy) is 1. The van der Waals surface area contributed by atoms with Crippen LogP contribution in [0.2, 0.25) is 0 Å². The third-order valence-corrected chi connectivity index (χ3v) is 5.67. The minimum atomic E-state index is -0.299. The number of thioether (sulfide) groups is 1. The van der Waals surface area contributed by atoms with Gasteiger partial charge in [0.25, 0.3) is 0 Å². The van der Waals surface area contributed by atoms with E-state index in [4.69, 9.17) is 4.74 Å². The van der Waals surface area contributed by atoms with Crippen molar-refractivity contribution in [2.24, 2.45) is 0 Å². The van der Waals surface area contributed by atoms with E-state index in [0.717, 1.165) is 27.7 Å². The summed E-state index contributed by atoms with van der Waals surface area (Å²) in [4.78, 5) is 29.4. The van der Waals surface area contributed by atoms with Crippen LogP contribution in [0.15, 0.2) is 24.3 Å². The van der Waals surface area contributed by atoms with Crippen molar-refractivity contribution in [3.05, 3.63) is 39.7 Å². The van der Waals surface area contributed by atoms with E-state index in [1.54, 1.807) is 0 Å². The van der Waals surface area contributed by atoms with E-state index >= 15 is 0 Å². The van der Waals surface area contributed by atoms with Gasteiger partial charge in [0, 0.05) is 24.0 Å². The zero-order valence-corrected chi connectivity index (χ0v) is 15.6. The fourth-order valence-electron chi connectivity index (χ4n) is 2.32. The second kappa shape index (κ2) is 7.88. The van der Waals surface area contributed by atoms with E-state index in [2.05, 4.69) is 15.6 Å². The number of fused-ring (bicyclic) bond motifs is 1. The molecular weight excluding hydrogens is 358 g/mol. The lowest BCUT2D eigenvalue weighted by molar-refractivity contribution is -0.118. The van der Waals surface area contributed by atoms with Gasteiger partial charge in [0.2, 0.25) is 11.5 Å². The van der Waals surface area contributed by atoms with Gasteiger partial charge >= 0.3 is 0 Å². The standard InChI is InChI=1S/C17H19N3O3S2/c1-10-3-5-14-16(19-10)20-17(23-14)24-9-13(22)15-6-4-12(25-15)7-8-18-11(2)21/h3-6,17H,7-9H2,1-2H3,(H,18,21)(H,19,20). The normalized spacial score (nSPS) is 15.2. The second-order valence-corrected chi connectivity index (χ2v) is 7.85. The number of anilines is 1. The summed E-state index contributed by atoms with van der Waals surface area (Å²) < 4.78 is 5.73. The van der Waals surface area contributed by atoms with Crippen LogP contribution in [-0.4, -0.2) is 34.5 Å². The molecule has 2 aromatic rings. The Bertz CT molecular complexity index is 791. The van der Waals surface area contributed by atoms with Gasteiger partial charge in [-0.25, -0.2) is 4.98 Å². The molecule has 0 fully saturated rings. The predicted octanol–water partition coefficient (Wildman–Crippen LogP) is 2.83. The maximum absolute atomic E-state index is 12.3. The van der Waals surface area contributed by atoms with E-state index < -0.39 is 0 Å². The average Bonchev–Trinajstić information content (AvgIpc) is 3.18. The molecule has 1 amide bonds. The minimum absolute atomic E-state index is 0.0426. The summed E-state index contributed by atoms with van der Waals surface area (Å²) in [5, 5.41) is 5.92. The largest absolute Gasteiger partial charge is 0.457 e. The van der Waals surface area contributed by atoms with Crippen LogP contribution in [0.5, 0.6) is 5.75 Å². The Morgan fingerprint density at radius 1 is 1.36 bits per heavy atom. The Morgan fingerprint density at radius 3 is 3.00 bits per heavy atom. The number of pyridine rings is 1. The van der Waals surface area contributed by atoms with E-state index in [0.29, 0.717) is 18.0 Å². The maximum Gasteiger partial charge on any atom is 0.220 e. The molecule has 0 radical (unpaired) electrons. The number of amides is 1. The van der Waals surface area contributed by atoms with E-state index in [-0.39, 0.29) is 17.3 Å². The van der Waals surface area contributed by atoms with Crippen LogP contribution < -0.4 is 15.4 Å². The van der Waals surface area contributed by atoms with Gasteiger partial charge in [0.15, 0.2) is 17.4 Å². The van der Waals surface area contributed by atoms with Gasteiger partial charge in [-0.15, -0.1) is 11.3 Å². The number of nitrogens with zero attached hydrogens (tertiary/aromatic N) is 1. The number of thiophene rings is 1. The highest BCUT2D eigenvalue weighted by atomic mass is 32.2. The number of hydrogen-bond donors (Lipinski definition) is 2. The van der Waals surface area contributed by atoms with Crippen LogP contribution in [0.25, 0.3) is 0 Å². The molecule has 0 saturated heterocycles. The van der Waals surface area contributed by atoms with Crippen molar-refractivity contribution in [3.63, 3.8) is 0 Å². The summed E-state index contributed by atoms with van der Waals surface area (Å²) in [6, 6.07) is 7.57. The molecule has 1 atom stereocenters. The molecule has 2 aromatic heterocycles. The number of ketones is 1. The molecule has 0 bridgehead atoms. The molecular formula is C17H19N3O3S2. The van der Waals surface area contributed by atoms with Crippen molar-refractivity contribution in [1.29, 1.82) is 0 Å². The number of rotatable bonds is 7. The second-order valence-electron chi connectivity index (χ2n) is 5.63. The molecule has 2 N–H and O–H groups in total. The minimum Gasteiger partial charge on any atom is -0.457 e.